The van der Waals surface area contributed by atoms with E-state index in [1.165, 1.54) is 0 Å². The Morgan fingerprint density at radius 1 is 1.06 bits per heavy atom. The average Bonchev–Trinajstić information content (AvgIpc) is 3.57. The Balaban J connectivity index is 1.49. The summed E-state index contributed by atoms with van der Waals surface area (Å²) in [4.78, 5) is 32.3. The molecule has 5 rings (SSSR count). The molecule has 0 N–H and O–H groups in total. The Labute approximate surface area is 202 Å². The van der Waals surface area contributed by atoms with Crippen molar-refractivity contribution in [3.63, 3.8) is 0 Å². The maximum absolute atomic E-state index is 13.6. The Morgan fingerprint density at radius 3 is 2.53 bits per heavy atom. The minimum atomic E-state index is -0.0474. The van der Waals surface area contributed by atoms with Crippen LogP contribution in [0.2, 0.25) is 0 Å². The lowest BCUT2D eigenvalue weighted by Crippen LogP contribution is -2.26. The largest absolute Gasteiger partial charge is 0.342 e. The second kappa shape index (κ2) is 8.76. The van der Waals surface area contributed by atoms with Gasteiger partial charge in [-0.25, -0.2) is 9.67 Å². The number of carbonyl (C=O) groups is 1. The number of likely N-dealkylation sites (tertiary alicyclic amines) is 1. The number of nitrogens with zero attached hydrogens (tertiary/aromatic N) is 5. The molecule has 4 heterocycles. The molecular weight excluding hydrogens is 446 g/mol. The lowest BCUT2D eigenvalue weighted by Gasteiger charge is -2.13. The maximum atomic E-state index is 13.6. The zero-order valence-electron chi connectivity index (χ0n) is 20.0. The molecule has 1 amide bonds. The van der Waals surface area contributed by atoms with Crippen molar-refractivity contribution in [3.8, 4) is 22.6 Å². The number of carbonyl (C=O) groups excluding carboxylic acids is 1. The summed E-state index contributed by atoms with van der Waals surface area (Å²) >= 11 is 1.63. The highest BCUT2D eigenvalue weighted by Crippen LogP contribution is 2.31. The molecule has 1 saturated heterocycles. The van der Waals surface area contributed by atoms with Crippen LogP contribution >= 0.6 is 11.3 Å². The van der Waals surface area contributed by atoms with Gasteiger partial charge in [0.15, 0.2) is 0 Å². The summed E-state index contributed by atoms with van der Waals surface area (Å²) in [7, 11) is 1.92. The van der Waals surface area contributed by atoms with Crippen molar-refractivity contribution in [3.05, 3.63) is 74.2 Å². The molecule has 0 saturated carbocycles. The van der Waals surface area contributed by atoms with Crippen LogP contribution in [-0.4, -0.2) is 42.8 Å². The highest BCUT2D eigenvalue weighted by molar-refractivity contribution is 7.09. The van der Waals surface area contributed by atoms with Crippen molar-refractivity contribution in [1.29, 1.82) is 0 Å². The fourth-order valence-electron chi connectivity index (χ4n) is 4.90. The number of benzene rings is 1. The number of thiazole rings is 1. The van der Waals surface area contributed by atoms with Gasteiger partial charge in [0.25, 0.3) is 5.56 Å². The van der Waals surface area contributed by atoms with Gasteiger partial charge in [0.05, 0.1) is 22.1 Å². The molecule has 176 valence electrons. The molecule has 0 radical (unpaired) electrons. The second-order valence-corrected chi connectivity index (χ2v) is 9.83. The molecule has 0 bridgehead atoms. The van der Waals surface area contributed by atoms with E-state index in [0.717, 1.165) is 65.0 Å². The van der Waals surface area contributed by atoms with Crippen LogP contribution in [0.1, 0.15) is 34.9 Å². The number of aryl methyl sites for hydroxylation is 1. The van der Waals surface area contributed by atoms with Crippen molar-refractivity contribution in [1.82, 2.24) is 23.8 Å². The summed E-state index contributed by atoms with van der Waals surface area (Å²) in [6.07, 6.45) is 2.40. The zero-order chi connectivity index (χ0) is 24.0. The van der Waals surface area contributed by atoms with E-state index in [1.807, 2.05) is 72.3 Å². The molecule has 0 atom stereocenters. The Bertz CT molecular complexity index is 1420. The molecule has 0 spiro atoms. The number of aromatic nitrogens is 4. The van der Waals surface area contributed by atoms with Gasteiger partial charge in [-0.15, -0.1) is 11.3 Å². The predicted octanol–water partition coefficient (Wildman–Crippen LogP) is 4.18. The van der Waals surface area contributed by atoms with Crippen LogP contribution in [0.4, 0.5) is 0 Å². The second-order valence-electron chi connectivity index (χ2n) is 8.89. The molecule has 1 fully saturated rings. The van der Waals surface area contributed by atoms with Gasteiger partial charge in [0, 0.05) is 55.3 Å². The first-order chi connectivity index (χ1) is 16.4. The summed E-state index contributed by atoms with van der Waals surface area (Å²) < 4.78 is 5.67. The van der Waals surface area contributed by atoms with Crippen molar-refractivity contribution in [2.24, 2.45) is 7.05 Å². The van der Waals surface area contributed by atoms with Crippen LogP contribution in [0, 0.1) is 20.8 Å². The van der Waals surface area contributed by atoms with Crippen LogP contribution in [-0.2, 0) is 18.3 Å². The molecule has 1 aliphatic rings. The third-order valence-corrected chi connectivity index (χ3v) is 7.68. The van der Waals surface area contributed by atoms with Gasteiger partial charge >= 0.3 is 0 Å². The summed E-state index contributed by atoms with van der Waals surface area (Å²) in [6.45, 7) is 7.64. The fourth-order valence-corrected chi connectivity index (χ4v) is 5.69. The fraction of sp³-hybridized carbons (Fsp3) is 0.346. The third kappa shape index (κ3) is 3.72. The van der Waals surface area contributed by atoms with E-state index in [2.05, 4.69) is 11.4 Å². The standard InChI is InChI=1S/C26H29N5O2S/c1-17-15-21(22-16-34-23(27-22)12-14-29-13-8-11-24(29)32)18(2)30(17)25-19(3)28(4)31(26(25)33)20-9-6-5-7-10-20/h5-7,9-10,15-16H,8,11-14H2,1-4H3. The molecule has 4 aromatic rings. The molecule has 0 unspecified atom stereocenters. The summed E-state index contributed by atoms with van der Waals surface area (Å²) in [5.74, 6) is 0.250. The van der Waals surface area contributed by atoms with E-state index < -0.39 is 0 Å². The molecule has 1 aromatic carbocycles. The first-order valence-electron chi connectivity index (χ1n) is 11.6. The maximum Gasteiger partial charge on any atom is 0.295 e. The van der Waals surface area contributed by atoms with E-state index in [9.17, 15) is 9.59 Å². The van der Waals surface area contributed by atoms with E-state index in [4.69, 9.17) is 4.98 Å². The SMILES string of the molecule is Cc1cc(-c2csc(CCN3CCCC3=O)n2)c(C)n1-c1c(C)n(C)n(-c2ccccc2)c1=O. The zero-order valence-corrected chi connectivity index (χ0v) is 20.9. The summed E-state index contributed by atoms with van der Waals surface area (Å²) in [5, 5.41) is 3.11. The van der Waals surface area contributed by atoms with Crippen LogP contribution in [0.3, 0.4) is 0 Å². The summed E-state index contributed by atoms with van der Waals surface area (Å²) in [5.41, 5.74) is 6.30. The van der Waals surface area contributed by atoms with E-state index in [1.54, 1.807) is 16.0 Å². The lowest BCUT2D eigenvalue weighted by atomic mass is 10.2. The van der Waals surface area contributed by atoms with Crippen molar-refractivity contribution in [2.75, 3.05) is 13.1 Å². The molecule has 1 aliphatic heterocycles. The first kappa shape index (κ1) is 22.4. The molecule has 8 heteroatoms. The number of para-hydroxylation sites is 1. The Morgan fingerprint density at radius 2 is 1.82 bits per heavy atom. The third-order valence-electron chi connectivity index (χ3n) is 6.77. The van der Waals surface area contributed by atoms with Gasteiger partial charge in [0.1, 0.15) is 5.69 Å². The van der Waals surface area contributed by atoms with Crippen LogP contribution in [0.5, 0.6) is 0 Å². The smallest absolute Gasteiger partial charge is 0.295 e. The van der Waals surface area contributed by atoms with Gasteiger partial charge in [-0.1, -0.05) is 18.2 Å². The minimum absolute atomic E-state index is 0.0474. The monoisotopic (exact) mass is 475 g/mol. The molecule has 7 nitrogen and oxygen atoms in total. The van der Waals surface area contributed by atoms with E-state index >= 15 is 0 Å². The Hall–Kier alpha value is -3.39. The van der Waals surface area contributed by atoms with Crippen LogP contribution in [0.25, 0.3) is 22.6 Å². The molecule has 3 aromatic heterocycles. The van der Waals surface area contributed by atoms with Gasteiger partial charge in [-0.2, -0.15) is 0 Å². The number of rotatable bonds is 6. The van der Waals surface area contributed by atoms with Gasteiger partial charge in [0.2, 0.25) is 5.91 Å². The van der Waals surface area contributed by atoms with E-state index in [-0.39, 0.29) is 11.5 Å². The molecule has 34 heavy (non-hydrogen) atoms. The minimum Gasteiger partial charge on any atom is -0.342 e. The molecular formula is C26H29N5O2S. The first-order valence-corrected chi connectivity index (χ1v) is 12.5. The van der Waals surface area contributed by atoms with Crippen molar-refractivity contribution < 1.29 is 4.79 Å². The summed E-state index contributed by atoms with van der Waals surface area (Å²) in [6, 6.07) is 11.8. The van der Waals surface area contributed by atoms with Gasteiger partial charge in [-0.05, 0) is 45.4 Å². The van der Waals surface area contributed by atoms with E-state index in [0.29, 0.717) is 12.1 Å². The van der Waals surface area contributed by atoms with Crippen molar-refractivity contribution >= 4 is 17.2 Å². The predicted molar refractivity (Wildman–Crippen MR) is 135 cm³/mol. The van der Waals surface area contributed by atoms with Gasteiger partial charge in [-0.3, -0.25) is 14.3 Å². The normalized spacial score (nSPS) is 13.9. The quantitative estimate of drug-likeness (QED) is 0.420. The van der Waals surface area contributed by atoms with Crippen LogP contribution < -0.4 is 5.56 Å². The average molecular weight is 476 g/mol. The lowest BCUT2D eigenvalue weighted by molar-refractivity contribution is -0.127. The highest BCUT2D eigenvalue weighted by Gasteiger charge is 2.23. The Kier molecular flexibility index (Phi) is 5.77. The highest BCUT2D eigenvalue weighted by atomic mass is 32.1. The molecule has 0 aliphatic carbocycles. The van der Waals surface area contributed by atoms with Gasteiger partial charge < -0.3 is 9.47 Å². The number of hydrogen-bond donors (Lipinski definition) is 0. The number of amides is 1. The van der Waals surface area contributed by atoms with Crippen molar-refractivity contribution in [2.45, 2.75) is 40.0 Å². The van der Waals surface area contributed by atoms with Crippen LogP contribution in [0.15, 0.2) is 46.6 Å². The topological polar surface area (TPSA) is 65.1 Å². The number of hydrogen-bond acceptors (Lipinski definition) is 4.